The fourth-order valence-electron chi connectivity index (χ4n) is 2.90. The van der Waals surface area contributed by atoms with Crippen LogP contribution in [0.4, 0.5) is 0 Å². The molecule has 3 nitrogen and oxygen atoms in total. The molecule has 0 bridgehead atoms. The van der Waals surface area contributed by atoms with Crippen LogP contribution in [0, 0.1) is 11.8 Å². The summed E-state index contributed by atoms with van der Waals surface area (Å²) in [6.07, 6.45) is 10.1. The first-order valence-electron chi connectivity index (χ1n) is 9.51. The average Bonchev–Trinajstić information content (AvgIpc) is 2.97. The van der Waals surface area contributed by atoms with Gasteiger partial charge in [-0.3, -0.25) is 4.90 Å². The molecule has 146 valence electrons. The van der Waals surface area contributed by atoms with E-state index in [1.54, 1.807) is 0 Å². The van der Waals surface area contributed by atoms with Crippen LogP contribution in [0.1, 0.15) is 26.7 Å². The monoisotopic (exact) mass is 349 g/mol. The lowest BCUT2D eigenvalue weighted by Gasteiger charge is -2.12. The highest BCUT2D eigenvalue weighted by Crippen LogP contribution is 2.26. The smallest absolute Gasteiger partial charge is 0.0160 e. The van der Waals surface area contributed by atoms with Crippen LogP contribution < -0.4 is 5.32 Å². The van der Waals surface area contributed by atoms with Gasteiger partial charge in [0.2, 0.25) is 0 Å². The normalized spacial score (nSPS) is 19.2. The molecule has 1 N–H and O–H groups in total. The van der Waals surface area contributed by atoms with Gasteiger partial charge in [-0.1, -0.05) is 51.0 Å². The zero-order valence-corrected chi connectivity index (χ0v) is 17.3. The maximum absolute atomic E-state index is 3.61. The van der Waals surface area contributed by atoms with E-state index in [4.69, 9.17) is 0 Å². The highest BCUT2D eigenvalue weighted by Gasteiger charge is 2.27. The van der Waals surface area contributed by atoms with Gasteiger partial charge in [0, 0.05) is 39.3 Å². The molecule has 0 amide bonds. The first-order valence-corrected chi connectivity index (χ1v) is 9.51. The van der Waals surface area contributed by atoms with Crippen LogP contribution in [-0.4, -0.2) is 63.2 Å². The van der Waals surface area contributed by atoms with Crippen molar-refractivity contribution in [3.05, 3.63) is 50.6 Å². The lowest BCUT2D eigenvalue weighted by molar-refractivity contribution is 0.392. The Kier molecular flexibility index (Phi) is 20.0. The van der Waals surface area contributed by atoms with Gasteiger partial charge in [-0.2, -0.15) is 0 Å². The third-order valence-corrected chi connectivity index (χ3v) is 4.27. The second-order valence-electron chi connectivity index (χ2n) is 6.59. The highest BCUT2D eigenvalue weighted by molar-refractivity contribution is 4.80. The Morgan fingerprint density at radius 2 is 1.28 bits per heavy atom. The predicted molar refractivity (Wildman–Crippen MR) is 116 cm³/mol. The summed E-state index contributed by atoms with van der Waals surface area (Å²) < 4.78 is 0. The molecule has 0 aliphatic carbocycles. The molecule has 0 radical (unpaired) electrons. The summed E-state index contributed by atoms with van der Waals surface area (Å²) in [5.74, 6) is 1.96. The maximum atomic E-state index is 3.61. The summed E-state index contributed by atoms with van der Waals surface area (Å²) in [5, 5.41) is 3.05. The molecule has 2 unspecified atom stereocenters. The van der Waals surface area contributed by atoms with Gasteiger partial charge in [0.05, 0.1) is 0 Å². The largest absolute Gasteiger partial charge is 0.310 e. The van der Waals surface area contributed by atoms with Crippen molar-refractivity contribution in [3.63, 3.8) is 0 Å². The van der Waals surface area contributed by atoms with Gasteiger partial charge >= 0.3 is 0 Å². The highest BCUT2D eigenvalue weighted by atomic mass is 15.1. The molecular formula is C22H43N3. The molecule has 1 saturated heterocycles. The van der Waals surface area contributed by atoms with Crippen LogP contribution in [0.15, 0.2) is 50.6 Å². The second-order valence-corrected chi connectivity index (χ2v) is 6.59. The molecule has 0 aromatic carbocycles. The number of rotatable bonds is 10. The molecule has 1 aliphatic rings. The van der Waals surface area contributed by atoms with Crippen molar-refractivity contribution < 1.29 is 0 Å². The van der Waals surface area contributed by atoms with E-state index in [-0.39, 0.29) is 0 Å². The molecular weight excluding hydrogens is 306 g/mol. The van der Waals surface area contributed by atoms with Crippen molar-refractivity contribution in [2.45, 2.75) is 26.7 Å². The Labute approximate surface area is 158 Å². The van der Waals surface area contributed by atoms with E-state index >= 15 is 0 Å². The van der Waals surface area contributed by atoms with Gasteiger partial charge in [-0.05, 0) is 25.9 Å². The molecule has 1 rings (SSSR count). The van der Waals surface area contributed by atoms with Gasteiger partial charge < -0.3 is 10.2 Å². The Morgan fingerprint density at radius 3 is 1.56 bits per heavy atom. The maximum Gasteiger partial charge on any atom is 0.0160 e. The molecule has 1 fully saturated rings. The minimum absolute atomic E-state index is 0.867. The summed E-state index contributed by atoms with van der Waals surface area (Å²) in [4.78, 5) is 4.59. The van der Waals surface area contributed by atoms with Crippen molar-refractivity contribution in [2.24, 2.45) is 11.8 Å². The Bertz CT molecular complexity index is 308. The Hall–Kier alpha value is -1.16. The number of nitrogens with zero attached hydrogens (tertiary/aromatic N) is 2. The minimum Gasteiger partial charge on any atom is -0.310 e. The second kappa shape index (κ2) is 19.2. The summed E-state index contributed by atoms with van der Waals surface area (Å²) >= 11 is 0. The molecule has 0 aromatic rings. The van der Waals surface area contributed by atoms with Crippen LogP contribution >= 0.6 is 0 Å². The standard InChI is InChI=1S/C9H19N.C7H13N.C6H11N/c1-4-8-6-10(3)7-9(8)5-2;1-4-6-8(3)7-5-2;1-3-5-7-6-4-2/h8-9H,4-7H2,1-3H3;4-5H,1-2,6-7H2,3H3;3-4,7H,1-2,5-6H2. The van der Waals surface area contributed by atoms with Gasteiger partial charge in [0.15, 0.2) is 0 Å². The number of likely N-dealkylation sites (tertiary alicyclic amines) is 1. The van der Waals surface area contributed by atoms with Crippen molar-refractivity contribution in [1.82, 2.24) is 15.1 Å². The number of likely N-dealkylation sites (N-methyl/N-ethyl adjacent to an activating group) is 1. The van der Waals surface area contributed by atoms with Gasteiger partial charge in [0.1, 0.15) is 0 Å². The van der Waals surface area contributed by atoms with Gasteiger partial charge in [-0.15, -0.1) is 26.3 Å². The molecule has 0 saturated carbocycles. The van der Waals surface area contributed by atoms with Crippen molar-refractivity contribution in [3.8, 4) is 0 Å². The van der Waals surface area contributed by atoms with E-state index in [0.717, 1.165) is 38.0 Å². The average molecular weight is 350 g/mol. The van der Waals surface area contributed by atoms with Crippen molar-refractivity contribution in [1.29, 1.82) is 0 Å². The molecule has 0 spiro atoms. The van der Waals surface area contributed by atoms with Crippen molar-refractivity contribution in [2.75, 3.05) is 53.4 Å². The minimum atomic E-state index is 0.867. The Balaban J connectivity index is 0. The van der Waals surface area contributed by atoms with Crippen molar-refractivity contribution >= 4 is 0 Å². The van der Waals surface area contributed by atoms with Gasteiger partial charge in [0.25, 0.3) is 0 Å². The lowest BCUT2D eigenvalue weighted by Crippen LogP contribution is -2.17. The zero-order valence-electron chi connectivity index (χ0n) is 17.3. The van der Waals surface area contributed by atoms with E-state index in [1.165, 1.54) is 25.9 Å². The van der Waals surface area contributed by atoms with Crippen LogP contribution in [0.2, 0.25) is 0 Å². The number of nitrogens with one attached hydrogen (secondary N) is 1. The predicted octanol–water partition coefficient (Wildman–Crippen LogP) is 4.22. The van der Waals surface area contributed by atoms with E-state index in [2.05, 4.69) is 62.3 Å². The lowest BCUT2D eigenvalue weighted by atomic mass is 9.92. The first kappa shape index (κ1) is 26.1. The van der Waals surface area contributed by atoms with Crippen LogP contribution in [-0.2, 0) is 0 Å². The molecule has 1 aliphatic heterocycles. The SMILES string of the molecule is C=CCN(C)CC=C.C=CCNCC=C.CCC1CN(C)CC1CC. The van der Waals surface area contributed by atoms with E-state index < -0.39 is 0 Å². The Morgan fingerprint density at radius 1 is 0.880 bits per heavy atom. The fourth-order valence-corrected chi connectivity index (χ4v) is 2.90. The summed E-state index contributed by atoms with van der Waals surface area (Å²) in [6, 6.07) is 0. The third kappa shape index (κ3) is 16.1. The third-order valence-electron chi connectivity index (χ3n) is 4.27. The first-order chi connectivity index (χ1) is 12.0. The number of hydrogen-bond donors (Lipinski definition) is 1. The van der Waals surface area contributed by atoms with Gasteiger partial charge in [-0.25, -0.2) is 0 Å². The summed E-state index contributed by atoms with van der Waals surface area (Å²) in [6.45, 7) is 25.2. The fraction of sp³-hybridized carbons (Fsp3) is 0.636. The summed E-state index contributed by atoms with van der Waals surface area (Å²) in [7, 11) is 4.27. The quantitative estimate of drug-likeness (QED) is 0.470. The van der Waals surface area contributed by atoms with E-state index in [0.29, 0.717) is 0 Å². The molecule has 2 atom stereocenters. The molecule has 1 heterocycles. The summed E-state index contributed by atoms with van der Waals surface area (Å²) in [5.41, 5.74) is 0. The molecule has 3 heteroatoms. The molecule has 25 heavy (non-hydrogen) atoms. The van der Waals surface area contributed by atoms with Crippen LogP contribution in [0.5, 0.6) is 0 Å². The van der Waals surface area contributed by atoms with Crippen LogP contribution in [0.25, 0.3) is 0 Å². The molecule has 0 aromatic heterocycles. The van der Waals surface area contributed by atoms with Crippen LogP contribution in [0.3, 0.4) is 0 Å². The zero-order chi connectivity index (χ0) is 19.5. The topological polar surface area (TPSA) is 18.5 Å². The van der Waals surface area contributed by atoms with E-state index in [9.17, 15) is 0 Å². The van der Waals surface area contributed by atoms with E-state index in [1.807, 2.05) is 31.4 Å². The number of hydrogen-bond acceptors (Lipinski definition) is 3.